The number of ether oxygens (including phenoxy) is 1. The highest BCUT2D eigenvalue weighted by Gasteiger charge is 2.15. The second-order valence-electron chi connectivity index (χ2n) is 7.41. The molecule has 0 saturated carbocycles. The lowest BCUT2D eigenvalue weighted by atomic mass is 9.94. The zero-order chi connectivity index (χ0) is 19.9. The monoisotopic (exact) mass is 371 g/mol. The lowest BCUT2D eigenvalue weighted by molar-refractivity contribution is -0.122. The summed E-state index contributed by atoms with van der Waals surface area (Å²) in [5.74, 6) is 0.895. The maximum atomic E-state index is 9.85. The van der Waals surface area contributed by atoms with E-state index in [1.807, 2.05) is 13.8 Å². The Kier molecular flexibility index (Phi) is 7.39. The Morgan fingerprint density at radius 1 is 1.19 bits per heavy atom. The molecule has 2 aromatic rings. The van der Waals surface area contributed by atoms with E-state index in [0.29, 0.717) is 13.0 Å². The van der Waals surface area contributed by atoms with Crippen LogP contribution in [-0.2, 0) is 4.79 Å². The van der Waals surface area contributed by atoms with Gasteiger partial charge in [0.25, 0.3) is 6.47 Å². The minimum Gasteiger partial charge on any atom is -0.493 e. The highest BCUT2D eigenvalue weighted by Crippen LogP contribution is 2.34. The van der Waals surface area contributed by atoms with E-state index in [0.717, 1.165) is 30.6 Å². The molecule has 2 aromatic carbocycles. The molecular weight excluding hydrogens is 342 g/mol. The van der Waals surface area contributed by atoms with Crippen molar-refractivity contribution in [3.05, 3.63) is 48.0 Å². The largest absolute Gasteiger partial charge is 0.493 e. The van der Waals surface area contributed by atoms with Crippen molar-refractivity contribution in [2.45, 2.75) is 32.3 Å². The van der Waals surface area contributed by atoms with Gasteiger partial charge in [0.2, 0.25) is 0 Å². The molecule has 0 amide bonds. The van der Waals surface area contributed by atoms with Crippen LogP contribution in [0.15, 0.2) is 42.5 Å². The third-order valence-electron chi connectivity index (χ3n) is 4.61. The van der Waals surface area contributed by atoms with E-state index in [1.54, 1.807) is 0 Å². The smallest absolute Gasteiger partial charge is 0.290 e. The van der Waals surface area contributed by atoms with Gasteiger partial charge in [-0.1, -0.05) is 36.4 Å². The molecule has 0 atom stereocenters. The van der Waals surface area contributed by atoms with E-state index >= 15 is 0 Å². The number of fused-ring (bicyclic) bond motifs is 1. The summed E-state index contributed by atoms with van der Waals surface area (Å²) < 4.78 is 5.97. The number of aliphatic hydroxyl groups is 1. The van der Waals surface area contributed by atoms with Crippen molar-refractivity contribution in [3.8, 4) is 5.75 Å². The maximum Gasteiger partial charge on any atom is 0.290 e. The van der Waals surface area contributed by atoms with Gasteiger partial charge in [0.15, 0.2) is 0 Å². The van der Waals surface area contributed by atoms with Gasteiger partial charge in [-0.3, -0.25) is 4.79 Å². The molecule has 1 aliphatic heterocycles. The first-order valence-electron chi connectivity index (χ1n) is 9.18. The van der Waals surface area contributed by atoms with Crippen molar-refractivity contribution in [1.82, 2.24) is 4.90 Å². The average Bonchev–Trinajstić information content (AvgIpc) is 2.62. The van der Waals surface area contributed by atoms with Crippen LogP contribution >= 0.6 is 0 Å². The number of benzene rings is 2. The molecule has 1 aliphatic rings. The molecule has 5 nitrogen and oxygen atoms in total. The molecule has 1 heterocycles. The Labute approximate surface area is 160 Å². The summed E-state index contributed by atoms with van der Waals surface area (Å²) in [6.07, 6.45) is 4.03. The molecule has 0 bridgehead atoms. The highest BCUT2D eigenvalue weighted by molar-refractivity contribution is 5.97. The zero-order valence-corrected chi connectivity index (χ0v) is 16.3. The molecule has 0 aliphatic carbocycles. The van der Waals surface area contributed by atoms with Crippen LogP contribution in [0.3, 0.4) is 0 Å². The first-order chi connectivity index (χ1) is 12.9. The molecule has 0 spiro atoms. The molecule has 0 aromatic heterocycles. The Hall–Kier alpha value is -2.37. The van der Waals surface area contributed by atoms with Crippen molar-refractivity contribution in [1.29, 1.82) is 0 Å². The Bertz CT molecular complexity index is 792. The van der Waals surface area contributed by atoms with Gasteiger partial charge in [0.05, 0.1) is 12.2 Å². The van der Waals surface area contributed by atoms with Crippen LogP contribution in [0.2, 0.25) is 0 Å². The molecule has 2 N–H and O–H groups in total. The Balaban J connectivity index is 0.000000817. The fraction of sp³-hybridized carbons (Fsp3) is 0.409. The van der Waals surface area contributed by atoms with E-state index in [9.17, 15) is 5.11 Å². The summed E-state index contributed by atoms with van der Waals surface area (Å²) in [5.41, 5.74) is 2.04. The van der Waals surface area contributed by atoms with Gasteiger partial charge < -0.3 is 19.8 Å². The summed E-state index contributed by atoms with van der Waals surface area (Å²) in [5, 5.41) is 19.1. The lowest BCUT2D eigenvalue weighted by Crippen LogP contribution is -2.23. The van der Waals surface area contributed by atoms with Gasteiger partial charge >= 0.3 is 0 Å². The Morgan fingerprint density at radius 3 is 2.44 bits per heavy atom. The van der Waals surface area contributed by atoms with Crippen LogP contribution in [0.5, 0.6) is 5.75 Å². The van der Waals surface area contributed by atoms with E-state index < -0.39 is 5.60 Å². The number of hydrogen-bond donors (Lipinski definition) is 2. The summed E-state index contributed by atoms with van der Waals surface area (Å²) in [6.45, 7) is 5.99. The third kappa shape index (κ3) is 6.08. The second kappa shape index (κ2) is 9.53. The Morgan fingerprint density at radius 2 is 1.85 bits per heavy atom. The first-order valence-corrected chi connectivity index (χ1v) is 9.18. The van der Waals surface area contributed by atoms with Gasteiger partial charge in [0.1, 0.15) is 5.75 Å². The van der Waals surface area contributed by atoms with E-state index in [1.165, 1.54) is 16.5 Å². The number of rotatable bonds is 5. The van der Waals surface area contributed by atoms with Crippen LogP contribution in [0.25, 0.3) is 16.3 Å². The fourth-order valence-electron chi connectivity index (χ4n) is 3.10. The number of hydrogen-bond acceptors (Lipinski definition) is 4. The number of carbonyl (C=O) groups is 1. The number of likely N-dealkylation sites (N-methyl/N-ethyl adjacent to an activating group) is 1. The van der Waals surface area contributed by atoms with E-state index in [-0.39, 0.29) is 6.47 Å². The van der Waals surface area contributed by atoms with Crippen LogP contribution < -0.4 is 4.74 Å². The minimum atomic E-state index is -0.700. The topological polar surface area (TPSA) is 70.0 Å². The van der Waals surface area contributed by atoms with Crippen LogP contribution in [0.4, 0.5) is 0 Å². The zero-order valence-electron chi connectivity index (χ0n) is 16.3. The van der Waals surface area contributed by atoms with Gasteiger partial charge in [0, 0.05) is 24.9 Å². The van der Waals surface area contributed by atoms with Gasteiger partial charge in [-0.25, -0.2) is 0 Å². The normalized spacial score (nSPS) is 14.9. The predicted octanol–water partition coefficient (Wildman–Crippen LogP) is 3.80. The first kappa shape index (κ1) is 20.9. The van der Waals surface area contributed by atoms with Crippen LogP contribution in [-0.4, -0.2) is 53.9 Å². The van der Waals surface area contributed by atoms with Gasteiger partial charge in [-0.2, -0.15) is 0 Å². The van der Waals surface area contributed by atoms with Crippen molar-refractivity contribution in [2.24, 2.45) is 0 Å². The molecule has 0 fully saturated rings. The quantitative estimate of drug-likeness (QED) is 0.783. The molecule has 146 valence electrons. The number of nitrogens with zero attached hydrogens (tertiary/aromatic N) is 1. The van der Waals surface area contributed by atoms with Gasteiger partial charge in [-0.15, -0.1) is 0 Å². The fourth-order valence-corrected chi connectivity index (χ4v) is 3.10. The minimum absolute atomic E-state index is 0.250. The summed E-state index contributed by atoms with van der Waals surface area (Å²) in [7, 11) is 2.16. The molecule has 27 heavy (non-hydrogen) atoms. The lowest BCUT2D eigenvalue weighted by Gasteiger charge is -2.23. The van der Waals surface area contributed by atoms with Crippen molar-refractivity contribution in [3.63, 3.8) is 0 Å². The molecular formula is C22H29NO4. The molecule has 0 saturated heterocycles. The van der Waals surface area contributed by atoms with Crippen molar-refractivity contribution in [2.75, 3.05) is 26.7 Å². The highest BCUT2D eigenvalue weighted by atomic mass is 16.5. The van der Waals surface area contributed by atoms with E-state index in [4.69, 9.17) is 14.6 Å². The van der Waals surface area contributed by atoms with Crippen LogP contribution in [0.1, 0.15) is 32.3 Å². The standard InChI is InChI=1S/C21H27NO2.CH2O2/c1-21(2,23)12-15-24-20-9-8-17(16-10-13-22(3)14-11-16)18-6-4-5-7-19(18)20;2-1-3/h4-10,23H,11-15H2,1-3H3;1H,(H,2,3). The average molecular weight is 371 g/mol. The molecule has 0 radical (unpaired) electrons. The summed E-state index contributed by atoms with van der Waals surface area (Å²) in [6, 6.07) is 12.7. The second-order valence-corrected chi connectivity index (χ2v) is 7.41. The maximum absolute atomic E-state index is 9.85. The summed E-state index contributed by atoms with van der Waals surface area (Å²) in [4.78, 5) is 10.7. The van der Waals surface area contributed by atoms with E-state index in [2.05, 4.69) is 54.4 Å². The molecule has 0 unspecified atom stereocenters. The third-order valence-corrected chi connectivity index (χ3v) is 4.61. The SMILES string of the molecule is CN1CC=C(c2ccc(OCCC(C)(C)O)c3ccccc23)CC1.O=CO. The van der Waals surface area contributed by atoms with Crippen molar-refractivity contribution < 1.29 is 19.7 Å². The molecule has 3 rings (SSSR count). The van der Waals surface area contributed by atoms with Crippen LogP contribution in [0, 0.1) is 0 Å². The van der Waals surface area contributed by atoms with Gasteiger partial charge in [-0.05, 0) is 49.9 Å². The number of carboxylic acid groups (broad SMARTS) is 1. The summed E-state index contributed by atoms with van der Waals surface area (Å²) >= 11 is 0. The van der Waals surface area contributed by atoms with Crippen molar-refractivity contribution >= 4 is 22.8 Å². The predicted molar refractivity (Wildman–Crippen MR) is 109 cm³/mol. The molecule has 5 heteroatoms.